The minimum Gasteiger partial charge on any atom is -0.309 e. The Kier molecular flexibility index (Phi) is 6.95. The van der Waals surface area contributed by atoms with E-state index in [1.54, 1.807) is 6.07 Å². The van der Waals surface area contributed by atoms with E-state index in [0.717, 1.165) is 76.8 Å². The second-order valence-electron chi connectivity index (χ2n) is 14.2. The summed E-state index contributed by atoms with van der Waals surface area (Å²) in [6.45, 7) is 0. The molecule has 0 radical (unpaired) electrons. The molecule has 3 heterocycles. The first-order valence-electron chi connectivity index (χ1n) is 18.7. The van der Waals surface area contributed by atoms with Gasteiger partial charge in [-0.05, 0) is 66.7 Å². The molecule has 6 nitrogen and oxygen atoms in total. The van der Waals surface area contributed by atoms with E-state index in [0.29, 0.717) is 22.4 Å². The topological polar surface area (TPSA) is 86.2 Å². The highest BCUT2D eigenvalue weighted by atomic mass is 15.0. The Morgan fingerprint density at radius 3 is 1.47 bits per heavy atom. The molecule has 11 rings (SSSR count). The van der Waals surface area contributed by atoms with Gasteiger partial charge in [0.2, 0.25) is 0 Å². The van der Waals surface area contributed by atoms with Crippen LogP contribution in [0.15, 0.2) is 170 Å². The van der Waals surface area contributed by atoms with Gasteiger partial charge in [0, 0.05) is 54.8 Å². The molecule has 57 heavy (non-hydrogen) atoms. The minimum absolute atomic E-state index is 0.248. The molecule has 0 saturated heterocycles. The van der Waals surface area contributed by atoms with Gasteiger partial charge in [-0.3, -0.25) is 0 Å². The lowest BCUT2D eigenvalue weighted by atomic mass is 9.94. The summed E-state index contributed by atoms with van der Waals surface area (Å²) in [5.41, 5.74) is 11.1. The number of fused-ring (bicyclic) bond motifs is 10. The molecule has 0 N–H and O–H groups in total. The number of para-hydroxylation sites is 5. The van der Waals surface area contributed by atoms with Crippen molar-refractivity contribution < 1.29 is 0 Å². The van der Waals surface area contributed by atoms with E-state index in [1.165, 1.54) is 0 Å². The Bertz CT molecular complexity index is 3560. The van der Waals surface area contributed by atoms with E-state index in [2.05, 4.69) is 129 Å². The molecule has 0 amide bonds. The summed E-state index contributed by atoms with van der Waals surface area (Å²) in [5.74, 6) is 0. The lowest BCUT2D eigenvalue weighted by Crippen LogP contribution is -2.02. The highest BCUT2D eigenvalue weighted by molar-refractivity contribution is 6.26. The smallest absolute Gasteiger partial charge is 0.101 e. The third-order valence-corrected chi connectivity index (χ3v) is 11.4. The Balaban J connectivity index is 1.25. The molecule has 0 spiro atoms. The molecule has 3 aromatic heterocycles. The van der Waals surface area contributed by atoms with Crippen LogP contribution in [0.5, 0.6) is 0 Å². The third kappa shape index (κ3) is 4.55. The predicted molar refractivity (Wildman–Crippen MR) is 229 cm³/mol. The van der Waals surface area contributed by atoms with Gasteiger partial charge in [-0.25, -0.2) is 0 Å². The largest absolute Gasteiger partial charge is 0.309 e. The first kappa shape index (κ1) is 32.1. The SMILES string of the molecule is N#Cc1cc(-c2ccc(-n3c4ccccc4c4ccccc43)cc2C#N)c(-n2c3ccccc3c3ccc4c(c5ccccc5n4-c4ccccc4)c32)cc1C#N. The van der Waals surface area contributed by atoms with E-state index in [1.807, 2.05) is 66.7 Å². The predicted octanol–water partition coefficient (Wildman–Crippen LogP) is 12.3. The van der Waals surface area contributed by atoms with Crippen molar-refractivity contribution in [3.05, 3.63) is 187 Å². The minimum atomic E-state index is 0.248. The maximum Gasteiger partial charge on any atom is 0.101 e. The molecular formula is C51H28N6. The van der Waals surface area contributed by atoms with Crippen LogP contribution in [-0.4, -0.2) is 13.7 Å². The Morgan fingerprint density at radius 2 is 0.842 bits per heavy atom. The van der Waals surface area contributed by atoms with Crippen molar-refractivity contribution in [1.82, 2.24) is 13.7 Å². The maximum absolute atomic E-state index is 10.9. The monoisotopic (exact) mass is 724 g/mol. The van der Waals surface area contributed by atoms with Gasteiger partial charge in [-0.15, -0.1) is 0 Å². The summed E-state index contributed by atoms with van der Waals surface area (Å²) in [7, 11) is 0. The van der Waals surface area contributed by atoms with Crippen molar-refractivity contribution in [1.29, 1.82) is 15.8 Å². The number of hydrogen-bond donors (Lipinski definition) is 0. The van der Waals surface area contributed by atoms with Crippen LogP contribution in [0.4, 0.5) is 0 Å². The fraction of sp³-hybridized carbons (Fsp3) is 0. The summed E-state index contributed by atoms with van der Waals surface area (Å²) < 4.78 is 6.73. The molecule has 0 fully saturated rings. The van der Waals surface area contributed by atoms with Gasteiger partial charge in [0.05, 0.1) is 61.5 Å². The van der Waals surface area contributed by atoms with E-state index >= 15 is 0 Å². The van der Waals surface area contributed by atoms with Crippen molar-refractivity contribution in [3.8, 4) is 46.4 Å². The van der Waals surface area contributed by atoms with E-state index < -0.39 is 0 Å². The van der Waals surface area contributed by atoms with Gasteiger partial charge in [0.1, 0.15) is 12.1 Å². The standard InChI is InChI=1S/C51H28N6/c52-29-32-27-43(37-23-22-36(26-34(37)31-54)56-44-18-8-4-14-38(44)39-15-5-9-19-45(39)56)49(28-33(32)30-53)57-46-20-10-6-16-40(46)41-24-25-48-50(51(41)57)42-17-7-11-21-47(42)55(48)35-12-2-1-3-13-35/h1-28H. The van der Waals surface area contributed by atoms with Crippen LogP contribution >= 0.6 is 0 Å². The van der Waals surface area contributed by atoms with Gasteiger partial charge < -0.3 is 13.7 Å². The van der Waals surface area contributed by atoms with E-state index in [4.69, 9.17) is 0 Å². The summed E-state index contributed by atoms with van der Waals surface area (Å²) in [5, 5.41) is 38.3. The number of benzene rings is 8. The molecule has 11 aromatic rings. The van der Waals surface area contributed by atoms with Crippen LogP contribution in [0.3, 0.4) is 0 Å². The van der Waals surface area contributed by atoms with Gasteiger partial charge >= 0.3 is 0 Å². The van der Waals surface area contributed by atoms with Crippen molar-refractivity contribution >= 4 is 65.4 Å². The zero-order valence-electron chi connectivity index (χ0n) is 30.3. The lowest BCUT2D eigenvalue weighted by molar-refractivity contribution is 1.17. The van der Waals surface area contributed by atoms with Crippen LogP contribution in [0, 0.1) is 34.0 Å². The van der Waals surface area contributed by atoms with E-state index in [-0.39, 0.29) is 11.1 Å². The molecule has 0 aliphatic rings. The number of aromatic nitrogens is 3. The second-order valence-corrected chi connectivity index (χ2v) is 14.2. The molecule has 0 atom stereocenters. The van der Waals surface area contributed by atoms with Gasteiger partial charge in [0.25, 0.3) is 0 Å². The highest BCUT2D eigenvalue weighted by Gasteiger charge is 2.24. The Morgan fingerprint density at radius 1 is 0.333 bits per heavy atom. The van der Waals surface area contributed by atoms with Gasteiger partial charge in [-0.1, -0.05) is 103 Å². The summed E-state index contributed by atoms with van der Waals surface area (Å²) in [4.78, 5) is 0. The Labute approximate surface area is 326 Å². The van der Waals surface area contributed by atoms with Crippen LogP contribution in [0.25, 0.3) is 93.6 Å². The average Bonchev–Trinajstić information content (AvgIpc) is 3.92. The van der Waals surface area contributed by atoms with Crippen LogP contribution in [0.1, 0.15) is 16.7 Å². The average molecular weight is 725 g/mol. The van der Waals surface area contributed by atoms with Crippen LogP contribution in [0.2, 0.25) is 0 Å². The van der Waals surface area contributed by atoms with Crippen molar-refractivity contribution in [3.63, 3.8) is 0 Å². The van der Waals surface area contributed by atoms with Crippen molar-refractivity contribution in [2.45, 2.75) is 0 Å². The number of nitrogens with zero attached hydrogens (tertiary/aromatic N) is 6. The molecule has 8 aromatic carbocycles. The molecule has 262 valence electrons. The second kappa shape index (κ2) is 12.3. The summed E-state index contributed by atoms with van der Waals surface area (Å²) in [6, 6.07) is 64.7. The zero-order chi connectivity index (χ0) is 38.2. The molecule has 0 aliphatic carbocycles. The number of rotatable bonds is 4. The molecule has 0 bridgehead atoms. The third-order valence-electron chi connectivity index (χ3n) is 11.4. The lowest BCUT2D eigenvalue weighted by Gasteiger charge is -2.18. The zero-order valence-corrected chi connectivity index (χ0v) is 30.3. The van der Waals surface area contributed by atoms with Crippen molar-refractivity contribution in [2.75, 3.05) is 0 Å². The summed E-state index contributed by atoms with van der Waals surface area (Å²) in [6.07, 6.45) is 0. The fourth-order valence-electron chi connectivity index (χ4n) is 8.99. The fourth-order valence-corrected chi connectivity index (χ4v) is 8.99. The molecule has 0 aliphatic heterocycles. The van der Waals surface area contributed by atoms with Crippen LogP contribution in [-0.2, 0) is 0 Å². The number of hydrogen-bond acceptors (Lipinski definition) is 3. The highest BCUT2D eigenvalue weighted by Crippen LogP contribution is 2.44. The number of nitriles is 3. The first-order chi connectivity index (χ1) is 28.2. The molecule has 6 heteroatoms. The molecule has 0 unspecified atom stereocenters. The van der Waals surface area contributed by atoms with Crippen molar-refractivity contribution in [2.24, 2.45) is 0 Å². The van der Waals surface area contributed by atoms with Gasteiger partial charge in [0.15, 0.2) is 0 Å². The first-order valence-corrected chi connectivity index (χ1v) is 18.7. The molecule has 0 saturated carbocycles. The normalized spacial score (nSPS) is 11.5. The molecular weight excluding hydrogens is 697 g/mol. The van der Waals surface area contributed by atoms with Gasteiger partial charge in [-0.2, -0.15) is 15.8 Å². The quantitative estimate of drug-likeness (QED) is 0.181. The van der Waals surface area contributed by atoms with Crippen LogP contribution < -0.4 is 0 Å². The summed E-state index contributed by atoms with van der Waals surface area (Å²) >= 11 is 0. The Hall–Kier alpha value is -8.37. The van der Waals surface area contributed by atoms with E-state index in [9.17, 15) is 15.8 Å². The maximum atomic E-state index is 10.9.